The van der Waals surface area contributed by atoms with Gasteiger partial charge >= 0.3 is 6.18 Å². The van der Waals surface area contributed by atoms with Crippen molar-refractivity contribution in [1.29, 1.82) is 0 Å². The summed E-state index contributed by atoms with van der Waals surface area (Å²) in [6, 6.07) is 2.71. The lowest BCUT2D eigenvalue weighted by Crippen LogP contribution is -2.38. The Kier molecular flexibility index (Phi) is 4.41. The molecule has 0 radical (unpaired) electrons. The minimum Gasteiger partial charge on any atom is -0.309 e. The summed E-state index contributed by atoms with van der Waals surface area (Å²) in [4.78, 5) is 24.2. The van der Waals surface area contributed by atoms with Gasteiger partial charge in [0.05, 0.1) is 16.3 Å². The van der Waals surface area contributed by atoms with Crippen LogP contribution in [0.15, 0.2) is 23.3 Å². The van der Waals surface area contributed by atoms with Crippen LogP contribution in [0.5, 0.6) is 0 Å². The van der Waals surface area contributed by atoms with Crippen LogP contribution in [-0.2, 0) is 15.8 Å². The summed E-state index contributed by atoms with van der Waals surface area (Å²) in [5, 5.41) is 3.62. The number of halogens is 4. The van der Waals surface area contributed by atoms with Gasteiger partial charge in [-0.05, 0) is 18.2 Å². The van der Waals surface area contributed by atoms with E-state index in [0.717, 1.165) is 23.1 Å². The molecule has 0 atom stereocenters. The van der Waals surface area contributed by atoms with E-state index in [9.17, 15) is 22.8 Å². The maximum absolute atomic E-state index is 12.7. The standard InChI is InChI=1S/C13H11ClF3N3O2/c1-20(12(22)9-4-5-11(21)19-18-9)10-6-7(13(15,16)17)2-3-8(10)14/h2-3,6H,4-5H2,1H3,(H,19,21). The highest BCUT2D eigenvalue weighted by atomic mass is 35.5. The van der Waals surface area contributed by atoms with E-state index in [1.165, 1.54) is 7.05 Å². The molecule has 0 bridgehead atoms. The number of alkyl halides is 3. The van der Waals surface area contributed by atoms with Crippen molar-refractivity contribution in [2.45, 2.75) is 19.0 Å². The number of rotatable bonds is 2. The van der Waals surface area contributed by atoms with Gasteiger partial charge in [-0.1, -0.05) is 11.6 Å². The van der Waals surface area contributed by atoms with Gasteiger partial charge in [0.15, 0.2) is 0 Å². The molecule has 0 unspecified atom stereocenters. The third-order valence-corrected chi connectivity index (χ3v) is 3.41. The molecule has 22 heavy (non-hydrogen) atoms. The van der Waals surface area contributed by atoms with E-state index in [-0.39, 0.29) is 35.2 Å². The molecule has 5 nitrogen and oxygen atoms in total. The first-order chi connectivity index (χ1) is 10.2. The van der Waals surface area contributed by atoms with Gasteiger partial charge in [0, 0.05) is 19.9 Å². The number of benzene rings is 1. The third kappa shape index (κ3) is 3.38. The molecular weight excluding hydrogens is 323 g/mol. The van der Waals surface area contributed by atoms with Gasteiger partial charge in [-0.3, -0.25) is 9.59 Å². The lowest BCUT2D eigenvalue weighted by atomic mass is 10.1. The first-order valence-electron chi connectivity index (χ1n) is 6.20. The average molecular weight is 334 g/mol. The zero-order valence-corrected chi connectivity index (χ0v) is 12.1. The van der Waals surface area contributed by atoms with E-state index >= 15 is 0 Å². The Morgan fingerprint density at radius 3 is 2.59 bits per heavy atom. The van der Waals surface area contributed by atoms with E-state index in [1.807, 2.05) is 0 Å². The van der Waals surface area contributed by atoms with Crippen molar-refractivity contribution in [3.05, 3.63) is 28.8 Å². The third-order valence-electron chi connectivity index (χ3n) is 3.09. The van der Waals surface area contributed by atoms with Crippen molar-refractivity contribution in [2.24, 2.45) is 5.10 Å². The number of carbonyl (C=O) groups excluding carboxylic acids is 2. The summed E-state index contributed by atoms with van der Waals surface area (Å²) in [6.07, 6.45) is -4.33. The molecule has 1 aliphatic heterocycles. The normalized spacial score (nSPS) is 15.1. The predicted octanol–water partition coefficient (Wildman–Crippen LogP) is 2.59. The predicted molar refractivity (Wildman–Crippen MR) is 74.7 cm³/mol. The van der Waals surface area contributed by atoms with Gasteiger partial charge in [0.1, 0.15) is 5.71 Å². The Labute approximate surface area is 128 Å². The first-order valence-corrected chi connectivity index (χ1v) is 6.58. The van der Waals surface area contributed by atoms with Crippen LogP contribution in [0.25, 0.3) is 0 Å². The molecule has 9 heteroatoms. The molecule has 0 saturated heterocycles. The largest absolute Gasteiger partial charge is 0.416 e. The van der Waals surface area contributed by atoms with Gasteiger partial charge in [-0.2, -0.15) is 18.3 Å². The summed E-state index contributed by atoms with van der Waals surface area (Å²) >= 11 is 5.88. The van der Waals surface area contributed by atoms with E-state index in [1.54, 1.807) is 0 Å². The molecule has 1 heterocycles. The second-order valence-electron chi connectivity index (χ2n) is 4.62. The number of nitrogens with one attached hydrogen (secondary N) is 1. The Morgan fingerprint density at radius 2 is 2.05 bits per heavy atom. The molecular formula is C13H11ClF3N3O2. The lowest BCUT2D eigenvalue weighted by Gasteiger charge is -2.22. The van der Waals surface area contributed by atoms with Crippen molar-refractivity contribution >= 4 is 34.8 Å². The summed E-state index contributed by atoms with van der Waals surface area (Å²) in [6.45, 7) is 0. The summed E-state index contributed by atoms with van der Waals surface area (Å²) in [5.74, 6) is -0.947. The number of hydrazone groups is 1. The summed E-state index contributed by atoms with van der Waals surface area (Å²) in [5.41, 5.74) is 1.22. The minimum absolute atomic E-state index is 0.00398. The molecule has 1 N–H and O–H groups in total. The summed E-state index contributed by atoms with van der Waals surface area (Å²) < 4.78 is 38.2. The lowest BCUT2D eigenvalue weighted by molar-refractivity contribution is -0.137. The van der Waals surface area contributed by atoms with E-state index in [0.29, 0.717) is 0 Å². The van der Waals surface area contributed by atoms with Crippen LogP contribution in [0, 0.1) is 0 Å². The van der Waals surface area contributed by atoms with Gasteiger partial charge in [-0.25, -0.2) is 5.43 Å². The molecule has 1 aromatic rings. The molecule has 0 spiro atoms. The number of nitrogens with zero attached hydrogens (tertiary/aromatic N) is 2. The van der Waals surface area contributed by atoms with Crippen molar-refractivity contribution < 1.29 is 22.8 Å². The molecule has 0 fully saturated rings. The smallest absolute Gasteiger partial charge is 0.309 e. The molecule has 0 aromatic heterocycles. The topological polar surface area (TPSA) is 61.8 Å². The van der Waals surface area contributed by atoms with Crippen molar-refractivity contribution in [3.8, 4) is 0 Å². The number of anilines is 1. The van der Waals surface area contributed by atoms with Crippen molar-refractivity contribution in [1.82, 2.24) is 5.43 Å². The van der Waals surface area contributed by atoms with Crippen molar-refractivity contribution in [3.63, 3.8) is 0 Å². The van der Waals surface area contributed by atoms with Crippen LogP contribution in [-0.4, -0.2) is 24.6 Å². The SMILES string of the molecule is CN(C(=O)C1=NNC(=O)CC1)c1cc(C(F)(F)F)ccc1Cl. The molecule has 0 saturated carbocycles. The number of carbonyl (C=O) groups is 2. The van der Waals surface area contributed by atoms with Gasteiger partial charge in [-0.15, -0.1) is 0 Å². The number of amides is 2. The second-order valence-corrected chi connectivity index (χ2v) is 5.03. The van der Waals surface area contributed by atoms with Gasteiger partial charge in [0.25, 0.3) is 5.91 Å². The maximum Gasteiger partial charge on any atom is 0.416 e. The fourth-order valence-corrected chi connectivity index (χ4v) is 2.12. The van der Waals surface area contributed by atoms with Crippen LogP contribution >= 0.6 is 11.6 Å². The molecule has 1 aromatic carbocycles. The summed E-state index contributed by atoms with van der Waals surface area (Å²) in [7, 11) is 1.29. The highest BCUT2D eigenvalue weighted by Crippen LogP contribution is 2.35. The van der Waals surface area contributed by atoms with Crippen LogP contribution < -0.4 is 10.3 Å². The molecule has 118 valence electrons. The van der Waals surface area contributed by atoms with Crippen LogP contribution in [0.3, 0.4) is 0 Å². The number of hydrogen-bond acceptors (Lipinski definition) is 3. The monoisotopic (exact) mass is 333 g/mol. The van der Waals surface area contributed by atoms with E-state index in [4.69, 9.17) is 11.6 Å². The van der Waals surface area contributed by atoms with Gasteiger partial charge in [0.2, 0.25) is 5.91 Å². The molecule has 1 aliphatic rings. The number of hydrogen-bond donors (Lipinski definition) is 1. The Morgan fingerprint density at radius 1 is 1.36 bits per heavy atom. The molecule has 0 aliphatic carbocycles. The molecule has 2 rings (SSSR count). The quantitative estimate of drug-likeness (QED) is 0.904. The first kappa shape index (κ1) is 16.3. The zero-order valence-electron chi connectivity index (χ0n) is 11.4. The van der Waals surface area contributed by atoms with Crippen LogP contribution in [0.2, 0.25) is 5.02 Å². The van der Waals surface area contributed by atoms with E-state index < -0.39 is 17.6 Å². The highest BCUT2D eigenvalue weighted by molar-refractivity contribution is 6.45. The van der Waals surface area contributed by atoms with Crippen LogP contribution in [0.1, 0.15) is 18.4 Å². The fraction of sp³-hybridized carbons (Fsp3) is 0.308. The Balaban J connectivity index is 2.31. The van der Waals surface area contributed by atoms with E-state index in [2.05, 4.69) is 10.5 Å². The Hall–Kier alpha value is -2.09. The fourth-order valence-electron chi connectivity index (χ4n) is 1.88. The maximum atomic E-state index is 12.7. The minimum atomic E-state index is -4.54. The van der Waals surface area contributed by atoms with Crippen molar-refractivity contribution in [2.75, 3.05) is 11.9 Å². The Bertz CT molecular complexity index is 658. The zero-order chi connectivity index (χ0) is 16.5. The van der Waals surface area contributed by atoms with Gasteiger partial charge < -0.3 is 4.90 Å². The highest BCUT2D eigenvalue weighted by Gasteiger charge is 2.32. The molecule has 2 amide bonds. The second kappa shape index (κ2) is 5.96. The average Bonchev–Trinajstić information content (AvgIpc) is 2.46. The van der Waals surface area contributed by atoms with Crippen LogP contribution in [0.4, 0.5) is 18.9 Å².